The summed E-state index contributed by atoms with van der Waals surface area (Å²) in [7, 11) is 0. The number of furan rings is 1. The van der Waals surface area contributed by atoms with Crippen LogP contribution >= 0.6 is 0 Å². The van der Waals surface area contributed by atoms with Crippen LogP contribution in [0.5, 0.6) is 0 Å². The van der Waals surface area contributed by atoms with Crippen LogP contribution in [0.2, 0.25) is 0 Å². The molecule has 2 heterocycles. The van der Waals surface area contributed by atoms with Crippen molar-refractivity contribution in [2.45, 2.75) is 6.92 Å². The first-order valence-corrected chi connectivity index (χ1v) is 5.82. The lowest BCUT2D eigenvalue weighted by atomic mass is 10.0. The fourth-order valence-corrected chi connectivity index (χ4v) is 2.16. The Morgan fingerprint density at radius 1 is 1.25 bits per heavy atom. The Hall–Kier alpha value is -2.96. The van der Waals surface area contributed by atoms with E-state index in [-0.39, 0.29) is 5.69 Å². The van der Waals surface area contributed by atoms with E-state index in [0.717, 1.165) is 11.1 Å². The van der Waals surface area contributed by atoms with Gasteiger partial charge in [-0.1, -0.05) is 0 Å². The molecule has 0 aliphatic carbocycles. The Labute approximate surface area is 113 Å². The molecule has 3 aromatic rings. The molecule has 0 aliphatic heterocycles. The number of anilines is 1. The Morgan fingerprint density at radius 2 is 1.95 bits per heavy atom. The van der Waals surface area contributed by atoms with Crippen molar-refractivity contribution >= 4 is 22.6 Å². The van der Waals surface area contributed by atoms with Gasteiger partial charge in [0.1, 0.15) is 17.9 Å². The first-order valence-electron chi connectivity index (χ1n) is 5.82. The van der Waals surface area contributed by atoms with Gasteiger partial charge in [-0.3, -0.25) is 10.1 Å². The molecule has 0 saturated carbocycles. The van der Waals surface area contributed by atoms with Crippen molar-refractivity contribution in [1.29, 1.82) is 0 Å². The zero-order chi connectivity index (χ0) is 14.3. The second-order valence-electron chi connectivity index (χ2n) is 4.28. The van der Waals surface area contributed by atoms with E-state index in [2.05, 4.69) is 9.97 Å². The topological polar surface area (TPSA) is 108 Å². The molecule has 0 saturated heterocycles. The molecular weight excluding hydrogens is 260 g/mol. The van der Waals surface area contributed by atoms with E-state index in [4.69, 9.17) is 10.2 Å². The number of aromatic nitrogens is 2. The molecule has 0 radical (unpaired) electrons. The standard InChI is InChI=1S/C13H10N4O3/c1-7-10(8-2-4-9(5-3-8)17(18)19)11-12(14)15-6-16-13(11)20-7/h2-6H,1H3,(H2,14,15,16). The van der Waals surface area contributed by atoms with Crippen LogP contribution in [0.4, 0.5) is 11.5 Å². The summed E-state index contributed by atoms with van der Waals surface area (Å²) in [5.74, 6) is 0.959. The molecule has 2 aromatic heterocycles. The van der Waals surface area contributed by atoms with Gasteiger partial charge >= 0.3 is 0 Å². The minimum atomic E-state index is -0.443. The minimum absolute atomic E-state index is 0.0309. The summed E-state index contributed by atoms with van der Waals surface area (Å²) in [4.78, 5) is 18.2. The van der Waals surface area contributed by atoms with E-state index >= 15 is 0 Å². The second kappa shape index (κ2) is 4.30. The monoisotopic (exact) mass is 270 g/mol. The normalized spacial score (nSPS) is 10.8. The zero-order valence-electron chi connectivity index (χ0n) is 10.5. The molecule has 7 nitrogen and oxygen atoms in total. The highest BCUT2D eigenvalue weighted by atomic mass is 16.6. The molecule has 0 aliphatic rings. The van der Waals surface area contributed by atoms with Gasteiger partial charge < -0.3 is 10.2 Å². The van der Waals surface area contributed by atoms with Crippen molar-refractivity contribution in [3.8, 4) is 11.1 Å². The smallest absolute Gasteiger partial charge is 0.269 e. The number of aryl methyl sites for hydroxylation is 1. The number of nitrogens with zero attached hydrogens (tertiary/aromatic N) is 3. The van der Waals surface area contributed by atoms with Crippen LogP contribution in [-0.2, 0) is 0 Å². The molecule has 7 heteroatoms. The van der Waals surface area contributed by atoms with Crippen LogP contribution in [0, 0.1) is 17.0 Å². The lowest BCUT2D eigenvalue weighted by Crippen LogP contribution is -1.92. The van der Waals surface area contributed by atoms with E-state index in [1.165, 1.54) is 18.5 Å². The maximum atomic E-state index is 10.7. The molecule has 0 spiro atoms. The number of nitrogens with two attached hydrogens (primary N) is 1. The summed E-state index contributed by atoms with van der Waals surface area (Å²) in [6.07, 6.45) is 1.33. The molecule has 0 fully saturated rings. The predicted octanol–water partition coefficient (Wildman–Crippen LogP) is 2.69. The third-order valence-electron chi connectivity index (χ3n) is 3.06. The highest BCUT2D eigenvalue weighted by Gasteiger charge is 2.17. The molecule has 0 atom stereocenters. The lowest BCUT2D eigenvalue weighted by Gasteiger charge is -2.01. The van der Waals surface area contributed by atoms with Crippen molar-refractivity contribution in [1.82, 2.24) is 9.97 Å². The van der Waals surface area contributed by atoms with E-state index in [9.17, 15) is 10.1 Å². The van der Waals surface area contributed by atoms with Crippen molar-refractivity contribution in [3.05, 3.63) is 46.5 Å². The van der Waals surface area contributed by atoms with Crippen molar-refractivity contribution < 1.29 is 9.34 Å². The van der Waals surface area contributed by atoms with E-state index < -0.39 is 4.92 Å². The van der Waals surface area contributed by atoms with Gasteiger partial charge in [-0.25, -0.2) is 9.97 Å². The molecule has 20 heavy (non-hydrogen) atoms. The van der Waals surface area contributed by atoms with Gasteiger partial charge in [0, 0.05) is 17.7 Å². The molecule has 0 amide bonds. The molecule has 2 N–H and O–H groups in total. The van der Waals surface area contributed by atoms with Crippen molar-refractivity contribution in [2.75, 3.05) is 5.73 Å². The Kier molecular flexibility index (Phi) is 2.60. The highest BCUT2D eigenvalue weighted by molar-refractivity contribution is 6.00. The molecule has 1 aromatic carbocycles. The summed E-state index contributed by atoms with van der Waals surface area (Å²) in [5, 5.41) is 11.3. The summed E-state index contributed by atoms with van der Waals surface area (Å²) in [6.45, 7) is 1.79. The van der Waals surface area contributed by atoms with E-state index in [1.807, 2.05) is 0 Å². The maximum absolute atomic E-state index is 10.7. The first-order chi connectivity index (χ1) is 9.58. The van der Waals surface area contributed by atoms with Crippen molar-refractivity contribution in [3.63, 3.8) is 0 Å². The number of rotatable bonds is 2. The van der Waals surface area contributed by atoms with Gasteiger partial charge in [0.15, 0.2) is 0 Å². The third kappa shape index (κ3) is 1.76. The van der Waals surface area contributed by atoms with Crippen LogP contribution in [0.25, 0.3) is 22.2 Å². The number of nitro benzene ring substituents is 1. The van der Waals surface area contributed by atoms with Crippen molar-refractivity contribution in [2.24, 2.45) is 0 Å². The second-order valence-corrected chi connectivity index (χ2v) is 4.28. The number of hydrogen-bond acceptors (Lipinski definition) is 6. The Bertz CT molecular complexity index is 808. The fourth-order valence-electron chi connectivity index (χ4n) is 2.16. The van der Waals surface area contributed by atoms with Gasteiger partial charge in [-0.15, -0.1) is 0 Å². The number of hydrogen-bond donors (Lipinski definition) is 1. The van der Waals surface area contributed by atoms with Gasteiger partial charge in [0.25, 0.3) is 5.69 Å². The van der Waals surface area contributed by atoms with Crippen LogP contribution in [0.3, 0.4) is 0 Å². The van der Waals surface area contributed by atoms with E-state index in [1.54, 1.807) is 19.1 Å². The lowest BCUT2D eigenvalue weighted by molar-refractivity contribution is -0.384. The largest absolute Gasteiger partial charge is 0.442 e. The highest BCUT2D eigenvalue weighted by Crippen LogP contribution is 2.36. The van der Waals surface area contributed by atoms with Gasteiger partial charge in [-0.05, 0) is 24.6 Å². The zero-order valence-corrected chi connectivity index (χ0v) is 10.5. The summed E-state index contributed by atoms with van der Waals surface area (Å²) in [5.41, 5.74) is 7.83. The molecule has 0 bridgehead atoms. The Morgan fingerprint density at radius 3 is 2.60 bits per heavy atom. The SMILES string of the molecule is Cc1oc2ncnc(N)c2c1-c1ccc([N+](=O)[O-])cc1. The predicted molar refractivity (Wildman–Crippen MR) is 73.0 cm³/mol. The van der Waals surface area contributed by atoms with Crippen LogP contribution in [0.15, 0.2) is 35.0 Å². The van der Waals surface area contributed by atoms with Gasteiger partial charge in [0.05, 0.1) is 10.3 Å². The number of nitrogen functional groups attached to an aromatic ring is 1. The third-order valence-corrected chi connectivity index (χ3v) is 3.06. The van der Waals surface area contributed by atoms with Crippen LogP contribution < -0.4 is 5.73 Å². The number of fused-ring (bicyclic) bond motifs is 1. The number of benzene rings is 1. The fraction of sp³-hybridized carbons (Fsp3) is 0.0769. The summed E-state index contributed by atoms with van der Waals surface area (Å²) < 4.78 is 5.55. The molecule has 0 unspecified atom stereocenters. The number of nitro groups is 1. The first kappa shape index (κ1) is 12.1. The maximum Gasteiger partial charge on any atom is 0.269 e. The van der Waals surface area contributed by atoms with E-state index in [0.29, 0.717) is 22.7 Å². The minimum Gasteiger partial charge on any atom is -0.442 e. The molecule has 3 rings (SSSR count). The average molecular weight is 270 g/mol. The van der Waals surface area contributed by atoms with Crippen LogP contribution in [-0.4, -0.2) is 14.9 Å². The Balaban J connectivity index is 2.23. The average Bonchev–Trinajstić information content (AvgIpc) is 2.76. The van der Waals surface area contributed by atoms with Gasteiger partial charge in [0.2, 0.25) is 5.71 Å². The van der Waals surface area contributed by atoms with Crippen LogP contribution in [0.1, 0.15) is 5.76 Å². The summed E-state index contributed by atoms with van der Waals surface area (Å²) in [6, 6.07) is 6.19. The number of non-ortho nitro benzene ring substituents is 1. The molecule has 100 valence electrons. The molecular formula is C13H10N4O3. The quantitative estimate of drug-likeness (QED) is 0.566. The summed E-state index contributed by atoms with van der Waals surface area (Å²) >= 11 is 0. The van der Waals surface area contributed by atoms with Gasteiger partial charge in [-0.2, -0.15) is 0 Å².